The number of likely N-dealkylation sites (N-methyl/N-ethyl adjacent to an activating group) is 1. The molecule has 1 amide bonds. The minimum absolute atomic E-state index is 0.176. The van der Waals surface area contributed by atoms with Gasteiger partial charge in [-0.1, -0.05) is 18.2 Å². The van der Waals surface area contributed by atoms with Crippen LogP contribution in [0.15, 0.2) is 36.3 Å². The van der Waals surface area contributed by atoms with Crippen LogP contribution in [-0.2, 0) is 20.7 Å². The molecular weight excluding hydrogens is 274 g/mol. The Hall–Kier alpha value is -2.50. The fourth-order valence-electron chi connectivity index (χ4n) is 2.01. The van der Waals surface area contributed by atoms with E-state index in [0.717, 1.165) is 0 Å². The number of hydrogen-bond donors (Lipinski definition) is 1. The topological polar surface area (TPSA) is 76.1 Å². The summed E-state index contributed by atoms with van der Waals surface area (Å²) in [6, 6.07) is 6.77. The summed E-state index contributed by atoms with van der Waals surface area (Å²) < 4.78 is 10.3. The van der Waals surface area contributed by atoms with Gasteiger partial charge in [-0.05, 0) is 18.1 Å². The van der Waals surface area contributed by atoms with Crippen LogP contribution in [0.1, 0.15) is 15.9 Å². The largest absolute Gasteiger partial charge is 0.494 e. The molecule has 1 aromatic carbocycles. The van der Waals surface area contributed by atoms with Gasteiger partial charge in [0.15, 0.2) is 0 Å². The van der Waals surface area contributed by atoms with Crippen molar-refractivity contribution < 1.29 is 24.2 Å². The number of hydrogen-bond acceptors (Lipinski definition) is 4. The molecule has 2 rings (SSSR count). The first kappa shape index (κ1) is 14.9. The lowest BCUT2D eigenvalue weighted by atomic mass is 10.0. The molecule has 1 aliphatic rings. The van der Waals surface area contributed by atoms with E-state index in [9.17, 15) is 9.59 Å². The molecule has 6 heteroatoms. The third-order valence-electron chi connectivity index (χ3n) is 3.17. The molecule has 0 bridgehead atoms. The van der Waals surface area contributed by atoms with Crippen molar-refractivity contribution in [2.24, 2.45) is 0 Å². The summed E-state index contributed by atoms with van der Waals surface area (Å²) in [5.41, 5.74) is 0.953. The van der Waals surface area contributed by atoms with E-state index < -0.39 is 5.97 Å². The number of carboxylic acid groups (broad SMARTS) is 1. The lowest BCUT2D eigenvalue weighted by molar-refractivity contribution is -0.131. The second kappa shape index (κ2) is 6.78. The van der Waals surface area contributed by atoms with Gasteiger partial charge in [-0.25, -0.2) is 4.79 Å². The molecule has 21 heavy (non-hydrogen) atoms. The van der Waals surface area contributed by atoms with E-state index in [1.165, 1.54) is 11.2 Å². The van der Waals surface area contributed by atoms with Crippen LogP contribution in [0.2, 0.25) is 0 Å². The van der Waals surface area contributed by atoms with Crippen LogP contribution < -0.4 is 0 Å². The Balaban J connectivity index is 1.98. The minimum atomic E-state index is -0.966. The lowest BCUT2D eigenvalue weighted by Crippen LogP contribution is -2.32. The van der Waals surface area contributed by atoms with Gasteiger partial charge in [0.05, 0.1) is 5.56 Å². The zero-order chi connectivity index (χ0) is 15.2. The molecule has 0 radical (unpaired) electrons. The Labute approximate surface area is 122 Å². The second-order valence-electron chi connectivity index (χ2n) is 4.64. The molecule has 0 spiro atoms. The van der Waals surface area contributed by atoms with Crippen LogP contribution in [0.5, 0.6) is 0 Å². The highest BCUT2D eigenvalue weighted by Crippen LogP contribution is 2.12. The van der Waals surface area contributed by atoms with Crippen molar-refractivity contribution in [2.75, 3.05) is 26.8 Å². The molecule has 1 aromatic rings. The van der Waals surface area contributed by atoms with Crippen LogP contribution in [0.25, 0.3) is 0 Å². The smallest absolute Gasteiger partial charge is 0.335 e. The minimum Gasteiger partial charge on any atom is -0.494 e. The highest BCUT2D eigenvalue weighted by molar-refractivity contribution is 5.91. The van der Waals surface area contributed by atoms with E-state index in [-0.39, 0.29) is 17.2 Å². The summed E-state index contributed by atoms with van der Waals surface area (Å²) >= 11 is 0. The van der Waals surface area contributed by atoms with Crippen molar-refractivity contribution in [1.29, 1.82) is 0 Å². The average Bonchev–Trinajstić information content (AvgIpc) is 2.52. The van der Waals surface area contributed by atoms with Crippen LogP contribution in [0.3, 0.4) is 0 Å². The Kier molecular flexibility index (Phi) is 4.81. The van der Waals surface area contributed by atoms with Gasteiger partial charge in [0.1, 0.15) is 19.5 Å². The molecule has 0 fully saturated rings. The van der Waals surface area contributed by atoms with Gasteiger partial charge in [0, 0.05) is 13.6 Å². The van der Waals surface area contributed by atoms with Gasteiger partial charge in [-0.15, -0.1) is 0 Å². The van der Waals surface area contributed by atoms with E-state index in [2.05, 4.69) is 0 Å². The number of carboxylic acids is 1. The number of nitrogens with zero attached hydrogens (tertiary/aromatic N) is 1. The fraction of sp³-hybridized carbons (Fsp3) is 0.333. The molecule has 1 aliphatic heterocycles. The van der Waals surface area contributed by atoms with Crippen molar-refractivity contribution in [3.63, 3.8) is 0 Å². The summed E-state index contributed by atoms with van der Waals surface area (Å²) in [7, 11) is 1.64. The van der Waals surface area contributed by atoms with Gasteiger partial charge in [0.2, 0.25) is 5.76 Å². The summed E-state index contributed by atoms with van der Waals surface area (Å²) in [5.74, 6) is -1.07. The van der Waals surface area contributed by atoms with Crippen molar-refractivity contribution in [3.8, 4) is 0 Å². The third-order valence-corrected chi connectivity index (χ3v) is 3.17. The normalized spacial score (nSPS) is 13.7. The Bertz CT molecular complexity index is 567. The number of carbonyl (C=O) groups is 2. The monoisotopic (exact) mass is 291 g/mol. The van der Waals surface area contributed by atoms with Gasteiger partial charge in [0.25, 0.3) is 5.91 Å². The van der Waals surface area contributed by atoms with Gasteiger partial charge >= 0.3 is 5.97 Å². The molecule has 0 saturated carbocycles. The summed E-state index contributed by atoms with van der Waals surface area (Å²) in [5, 5.41) is 9.12. The molecule has 6 nitrogen and oxygen atoms in total. The van der Waals surface area contributed by atoms with E-state index >= 15 is 0 Å². The number of carbonyl (C=O) groups excluding carboxylic acids is 1. The first-order chi connectivity index (χ1) is 10.1. The van der Waals surface area contributed by atoms with E-state index in [1.54, 1.807) is 31.3 Å². The van der Waals surface area contributed by atoms with Crippen LogP contribution in [0.4, 0.5) is 0 Å². The van der Waals surface area contributed by atoms with Crippen LogP contribution >= 0.6 is 0 Å². The number of benzene rings is 1. The van der Waals surface area contributed by atoms with Crippen LogP contribution in [0, 0.1) is 0 Å². The zero-order valence-corrected chi connectivity index (χ0v) is 11.7. The maximum atomic E-state index is 12.1. The summed E-state index contributed by atoms with van der Waals surface area (Å²) in [4.78, 5) is 24.7. The van der Waals surface area contributed by atoms with Crippen molar-refractivity contribution in [2.45, 2.75) is 6.42 Å². The SMILES string of the molecule is CN(CCc1ccccc1C(=O)O)C(=O)C1=COCCO1. The molecule has 112 valence electrons. The van der Waals surface area contributed by atoms with Gasteiger partial charge in [-0.3, -0.25) is 4.79 Å². The lowest BCUT2D eigenvalue weighted by Gasteiger charge is -2.21. The summed E-state index contributed by atoms with van der Waals surface area (Å²) in [6.45, 7) is 1.18. The van der Waals surface area contributed by atoms with Crippen LogP contribution in [-0.4, -0.2) is 48.7 Å². The molecule has 0 unspecified atom stereocenters. The number of ether oxygens (including phenoxy) is 2. The van der Waals surface area contributed by atoms with E-state index in [1.807, 2.05) is 0 Å². The molecule has 0 aromatic heterocycles. The highest BCUT2D eigenvalue weighted by atomic mass is 16.6. The molecule has 0 atom stereocenters. The molecule has 1 heterocycles. The maximum Gasteiger partial charge on any atom is 0.335 e. The zero-order valence-electron chi connectivity index (χ0n) is 11.7. The Morgan fingerprint density at radius 2 is 2.05 bits per heavy atom. The second-order valence-corrected chi connectivity index (χ2v) is 4.64. The standard InChI is InChI=1S/C15H17NO5/c1-16(14(17)13-10-20-8-9-21-13)7-6-11-4-2-3-5-12(11)15(18)19/h2-5,10H,6-9H2,1H3,(H,18,19). The van der Waals surface area contributed by atoms with Gasteiger partial charge in [-0.2, -0.15) is 0 Å². The number of aromatic carboxylic acids is 1. The third kappa shape index (κ3) is 3.75. The highest BCUT2D eigenvalue weighted by Gasteiger charge is 2.19. The Morgan fingerprint density at radius 1 is 1.29 bits per heavy atom. The molecule has 1 N–H and O–H groups in total. The fourth-order valence-corrected chi connectivity index (χ4v) is 2.01. The van der Waals surface area contributed by atoms with E-state index in [0.29, 0.717) is 31.7 Å². The van der Waals surface area contributed by atoms with Crippen molar-refractivity contribution in [1.82, 2.24) is 4.90 Å². The quantitative estimate of drug-likeness (QED) is 0.884. The Morgan fingerprint density at radius 3 is 2.71 bits per heavy atom. The van der Waals surface area contributed by atoms with Crippen molar-refractivity contribution >= 4 is 11.9 Å². The number of amides is 1. The maximum absolute atomic E-state index is 12.1. The number of rotatable bonds is 5. The average molecular weight is 291 g/mol. The van der Waals surface area contributed by atoms with Crippen molar-refractivity contribution in [3.05, 3.63) is 47.4 Å². The predicted molar refractivity (Wildman–Crippen MR) is 74.7 cm³/mol. The van der Waals surface area contributed by atoms with E-state index in [4.69, 9.17) is 14.6 Å². The molecule has 0 aliphatic carbocycles. The molecule has 0 saturated heterocycles. The van der Waals surface area contributed by atoms with Gasteiger partial charge < -0.3 is 19.5 Å². The predicted octanol–water partition coefficient (Wildman–Crippen LogP) is 1.27. The molecular formula is C15H17NO5. The summed E-state index contributed by atoms with van der Waals surface area (Å²) in [6.07, 6.45) is 1.77. The first-order valence-corrected chi connectivity index (χ1v) is 6.61. The first-order valence-electron chi connectivity index (χ1n) is 6.61.